The topological polar surface area (TPSA) is 42.1 Å². The number of fused-ring (bicyclic) bond motifs is 1. The normalized spacial score (nSPS) is 20.6. The summed E-state index contributed by atoms with van der Waals surface area (Å²) in [6.07, 6.45) is 3.15. The van der Waals surface area contributed by atoms with Crippen LogP contribution in [0.25, 0.3) is 10.9 Å². The Bertz CT molecular complexity index is 565. The number of hydrogen-bond acceptors (Lipinski definition) is 3. The quantitative estimate of drug-likeness (QED) is 0.822. The van der Waals surface area contributed by atoms with Gasteiger partial charge in [-0.2, -0.15) is 0 Å². The highest BCUT2D eigenvalue weighted by molar-refractivity contribution is 5.92. The van der Waals surface area contributed by atoms with Crippen LogP contribution in [0.1, 0.15) is 18.9 Å². The zero-order valence-corrected chi connectivity index (χ0v) is 10.8. The fourth-order valence-corrected chi connectivity index (χ4v) is 2.79. The molecule has 0 amide bonds. The lowest BCUT2D eigenvalue weighted by Gasteiger charge is -2.16. The van der Waals surface area contributed by atoms with Crippen molar-refractivity contribution in [3.8, 4) is 0 Å². The first-order chi connectivity index (χ1) is 8.74. The standard InChI is InChI=1S/C15H19N3/c1-11-6-8-18(9-11)10-12-4-5-14(16)13-3-2-7-17-15(12)13/h2-5,7,11H,6,8-10,16H2,1H3. The van der Waals surface area contributed by atoms with Gasteiger partial charge in [-0.3, -0.25) is 9.88 Å². The van der Waals surface area contributed by atoms with Crippen LogP contribution in [-0.4, -0.2) is 23.0 Å². The van der Waals surface area contributed by atoms with Gasteiger partial charge in [-0.25, -0.2) is 0 Å². The molecule has 0 spiro atoms. The lowest BCUT2D eigenvalue weighted by molar-refractivity contribution is 0.321. The molecule has 2 heterocycles. The number of rotatable bonds is 2. The van der Waals surface area contributed by atoms with Gasteiger partial charge >= 0.3 is 0 Å². The first kappa shape index (κ1) is 11.5. The number of anilines is 1. The number of nitrogen functional groups attached to an aromatic ring is 1. The van der Waals surface area contributed by atoms with Gasteiger partial charge in [0.2, 0.25) is 0 Å². The first-order valence-corrected chi connectivity index (χ1v) is 6.58. The summed E-state index contributed by atoms with van der Waals surface area (Å²) in [5.74, 6) is 0.818. The second-order valence-corrected chi connectivity index (χ2v) is 5.34. The Morgan fingerprint density at radius 3 is 3.06 bits per heavy atom. The van der Waals surface area contributed by atoms with E-state index in [4.69, 9.17) is 5.73 Å². The summed E-state index contributed by atoms with van der Waals surface area (Å²) >= 11 is 0. The predicted octanol–water partition coefficient (Wildman–Crippen LogP) is 2.66. The minimum absolute atomic E-state index is 0.816. The molecule has 1 aliphatic rings. The Morgan fingerprint density at radius 2 is 2.28 bits per heavy atom. The van der Waals surface area contributed by atoms with Gasteiger partial charge in [0.15, 0.2) is 0 Å². The van der Waals surface area contributed by atoms with Gasteiger partial charge in [0.25, 0.3) is 0 Å². The van der Waals surface area contributed by atoms with Crippen molar-refractivity contribution in [3.63, 3.8) is 0 Å². The van der Waals surface area contributed by atoms with Crippen LogP contribution in [0.4, 0.5) is 5.69 Å². The van der Waals surface area contributed by atoms with E-state index in [0.29, 0.717) is 0 Å². The molecule has 1 aliphatic heterocycles. The van der Waals surface area contributed by atoms with E-state index < -0.39 is 0 Å². The number of benzene rings is 1. The number of aromatic nitrogens is 1. The Morgan fingerprint density at radius 1 is 1.39 bits per heavy atom. The number of hydrogen-bond donors (Lipinski definition) is 1. The molecule has 0 radical (unpaired) electrons. The molecule has 1 unspecified atom stereocenters. The average molecular weight is 241 g/mol. The largest absolute Gasteiger partial charge is 0.398 e. The molecule has 1 atom stereocenters. The van der Waals surface area contributed by atoms with Crippen molar-refractivity contribution in [2.75, 3.05) is 18.8 Å². The Labute approximate surface area is 108 Å². The summed E-state index contributed by atoms with van der Waals surface area (Å²) in [6.45, 7) is 5.69. The molecule has 94 valence electrons. The molecule has 18 heavy (non-hydrogen) atoms. The van der Waals surface area contributed by atoms with Crippen LogP contribution >= 0.6 is 0 Å². The molecule has 0 saturated carbocycles. The maximum Gasteiger partial charge on any atom is 0.0767 e. The van der Waals surface area contributed by atoms with Crippen LogP contribution in [0.3, 0.4) is 0 Å². The lowest BCUT2D eigenvalue weighted by Crippen LogP contribution is -2.20. The van der Waals surface area contributed by atoms with Crippen molar-refractivity contribution in [1.82, 2.24) is 9.88 Å². The number of nitrogens with two attached hydrogens (primary N) is 1. The van der Waals surface area contributed by atoms with E-state index in [9.17, 15) is 0 Å². The molecule has 1 saturated heterocycles. The molecule has 3 heteroatoms. The third-order valence-electron chi connectivity index (χ3n) is 3.79. The monoisotopic (exact) mass is 241 g/mol. The maximum absolute atomic E-state index is 6.00. The van der Waals surface area contributed by atoms with Crippen LogP contribution in [-0.2, 0) is 6.54 Å². The number of nitrogens with zero attached hydrogens (tertiary/aromatic N) is 2. The van der Waals surface area contributed by atoms with E-state index in [0.717, 1.165) is 29.1 Å². The highest BCUT2D eigenvalue weighted by atomic mass is 15.1. The van der Waals surface area contributed by atoms with Gasteiger partial charge in [-0.15, -0.1) is 0 Å². The predicted molar refractivity (Wildman–Crippen MR) is 75.2 cm³/mol. The van der Waals surface area contributed by atoms with Crippen molar-refractivity contribution in [3.05, 3.63) is 36.0 Å². The van der Waals surface area contributed by atoms with Crippen LogP contribution in [0.5, 0.6) is 0 Å². The first-order valence-electron chi connectivity index (χ1n) is 6.58. The summed E-state index contributed by atoms with van der Waals surface area (Å²) in [5.41, 5.74) is 9.16. The molecule has 0 aliphatic carbocycles. The van der Waals surface area contributed by atoms with E-state index in [1.54, 1.807) is 0 Å². The van der Waals surface area contributed by atoms with Gasteiger partial charge in [0, 0.05) is 30.4 Å². The summed E-state index contributed by atoms with van der Waals surface area (Å²) in [4.78, 5) is 7.00. The zero-order valence-electron chi connectivity index (χ0n) is 10.8. The molecule has 2 aromatic rings. The SMILES string of the molecule is CC1CCN(Cc2ccc(N)c3cccnc23)C1. The van der Waals surface area contributed by atoms with E-state index in [-0.39, 0.29) is 0 Å². The van der Waals surface area contributed by atoms with Crippen molar-refractivity contribution in [1.29, 1.82) is 0 Å². The summed E-state index contributed by atoms with van der Waals surface area (Å²) in [5, 5.41) is 1.07. The zero-order chi connectivity index (χ0) is 12.5. The van der Waals surface area contributed by atoms with Crippen molar-refractivity contribution in [2.24, 2.45) is 5.92 Å². The second-order valence-electron chi connectivity index (χ2n) is 5.34. The van der Waals surface area contributed by atoms with Crippen LogP contribution in [0, 0.1) is 5.92 Å². The van der Waals surface area contributed by atoms with Crippen molar-refractivity contribution in [2.45, 2.75) is 19.9 Å². The molecule has 3 nitrogen and oxygen atoms in total. The fraction of sp³-hybridized carbons (Fsp3) is 0.400. The Kier molecular flexibility index (Phi) is 2.92. The van der Waals surface area contributed by atoms with E-state index in [1.807, 2.05) is 24.4 Å². The third kappa shape index (κ3) is 2.06. The van der Waals surface area contributed by atoms with E-state index in [2.05, 4.69) is 22.9 Å². The average Bonchev–Trinajstić information content (AvgIpc) is 2.79. The Hall–Kier alpha value is -1.61. The lowest BCUT2D eigenvalue weighted by atomic mass is 10.1. The molecule has 1 aromatic heterocycles. The number of pyridine rings is 1. The van der Waals surface area contributed by atoms with Crippen LogP contribution in [0.2, 0.25) is 0 Å². The highest BCUT2D eigenvalue weighted by Crippen LogP contribution is 2.25. The molecule has 3 rings (SSSR count). The molecule has 2 N–H and O–H groups in total. The summed E-state index contributed by atoms with van der Waals surface area (Å²) in [6, 6.07) is 8.11. The number of likely N-dealkylation sites (tertiary alicyclic amines) is 1. The minimum atomic E-state index is 0.816. The van der Waals surface area contributed by atoms with Gasteiger partial charge in [0.1, 0.15) is 0 Å². The van der Waals surface area contributed by atoms with Crippen LogP contribution < -0.4 is 5.73 Å². The summed E-state index contributed by atoms with van der Waals surface area (Å²) < 4.78 is 0. The van der Waals surface area contributed by atoms with E-state index >= 15 is 0 Å². The van der Waals surface area contributed by atoms with Crippen molar-refractivity contribution >= 4 is 16.6 Å². The van der Waals surface area contributed by atoms with Crippen LogP contribution in [0.15, 0.2) is 30.5 Å². The second kappa shape index (κ2) is 4.58. The van der Waals surface area contributed by atoms with E-state index in [1.165, 1.54) is 25.1 Å². The minimum Gasteiger partial charge on any atom is -0.398 e. The molecule has 1 fully saturated rings. The summed E-state index contributed by atoms with van der Waals surface area (Å²) in [7, 11) is 0. The highest BCUT2D eigenvalue weighted by Gasteiger charge is 2.19. The Balaban J connectivity index is 1.95. The molecular formula is C15H19N3. The maximum atomic E-state index is 6.00. The third-order valence-corrected chi connectivity index (χ3v) is 3.79. The van der Waals surface area contributed by atoms with Gasteiger partial charge in [-0.05, 0) is 42.6 Å². The van der Waals surface area contributed by atoms with Gasteiger partial charge in [0.05, 0.1) is 5.52 Å². The smallest absolute Gasteiger partial charge is 0.0767 e. The van der Waals surface area contributed by atoms with Crippen molar-refractivity contribution < 1.29 is 0 Å². The fourth-order valence-electron chi connectivity index (χ4n) is 2.79. The van der Waals surface area contributed by atoms with Gasteiger partial charge < -0.3 is 5.73 Å². The molecule has 0 bridgehead atoms. The molecular weight excluding hydrogens is 222 g/mol. The molecule has 1 aromatic carbocycles. The van der Waals surface area contributed by atoms with Gasteiger partial charge in [-0.1, -0.05) is 13.0 Å².